The molecule has 106 valence electrons. The summed E-state index contributed by atoms with van der Waals surface area (Å²) >= 11 is 3.31. The van der Waals surface area contributed by atoms with E-state index in [0.717, 1.165) is 16.1 Å². The Balaban J connectivity index is 2.17. The molecule has 2 rings (SSSR count). The molecule has 0 saturated carbocycles. The molecule has 0 radical (unpaired) electrons. The normalized spacial score (nSPS) is 11.6. The van der Waals surface area contributed by atoms with Crippen molar-refractivity contribution < 1.29 is 12.8 Å². The zero-order valence-corrected chi connectivity index (χ0v) is 13.1. The SMILES string of the molecule is Cc1cc(F)ccc1S(=O)(=O)NCc1ccc(Br)cc1. The van der Waals surface area contributed by atoms with Gasteiger partial charge >= 0.3 is 0 Å². The molecule has 0 unspecified atom stereocenters. The Bertz CT molecular complexity index is 714. The van der Waals surface area contributed by atoms with E-state index in [1.807, 2.05) is 24.3 Å². The smallest absolute Gasteiger partial charge is 0.207 e. The van der Waals surface area contributed by atoms with Crippen LogP contribution in [0.15, 0.2) is 51.8 Å². The average molecular weight is 358 g/mol. The molecule has 0 bridgehead atoms. The Kier molecular flexibility index (Phi) is 4.57. The number of sulfonamides is 1. The number of hydrogen-bond acceptors (Lipinski definition) is 2. The Hall–Kier alpha value is -1.24. The molecule has 0 aliphatic heterocycles. The topological polar surface area (TPSA) is 46.2 Å². The summed E-state index contributed by atoms with van der Waals surface area (Å²) < 4.78 is 40.8. The Morgan fingerprint density at radius 2 is 1.80 bits per heavy atom. The first-order chi connectivity index (χ1) is 9.38. The van der Waals surface area contributed by atoms with Crippen LogP contribution in [0.3, 0.4) is 0 Å². The van der Waals surface area contributed by atoms with Crippen molar-refractivity contribution in [3.8, 4) is 0 Å². The van der Waals surface area contributed by atoms with Gasteiger partial charge in [-0.05, 0) is 48.4 Å². The number of hydrogen-bond donors (Lipinski definition) is 1. The fraction of sp³-hybridized carbons (Fsp3) is 0.143. The van der Waals surface area contributed by atoms with Crippen LogP contribution in [0.25, 0.3) is 0 Å². The van der Waals surface area contributed by atoms with Crippen LogP contribution in [0, 0.1) is 12.7 Å². The van der Waals surface area contributed by atoms with Crippen LogP contribution in [0.4, 0.5) is 4.39 Å². The molecule has 0 aliphatic rings. The van der Waals surface area contributed by atoms with Crippen molar-refractivity contribution in [3.05, 3.63) is 63.9 Å². The summed E-state index contributed by atoms with van der Waals surface area (Å²) in [6.07, 6.45) is 0. The van der Waals surface area contributed by atoms with Crippen LogP contribution in [-0.4, -0.2) is 8.42 Å². The molecule has 0 amide bonds. The first kappa shape index (κ1) is 15.2. The van der Waals surface area contributed by atoms with Gasteiger partial charge in [0.25, 0.3) is 0 Å². The predicted octanol–water partition coefficient (Wildman–Crippen LogP) is 3.38. The van der Waals surface area contributed by atoms with Gasteiger partial charge in [-0.3, -0.25) is 0 Å². The largest absolute Gasteiger partial charge is 0.241 e. The van der Waals surface area contributed by atoms with E-state index in [4.69, 9.17) is 0 Å². The van der Waals surface area contributed by atoms with Crippen molar-refractivity contribution in [2.75, 3.05) is 0 Å². The number of aryl methyl sites for hydroxylation is 1. The van der Waals surface area contributed by atoms with Crippen molar-refractivity contribution in [1.82, 2.24) is 4.72 Å². The number of rotatable bonds is 4. The lowest BCUT2D eigenvalue weighted by Gasteiger charge is -2.09. The fourth-order valence-electron chi connectivity index (χ4n) is 1.77. The summed E-state index contributed by atoms with van der Waals surface area (Å²) in [5, 5.41) is 0. The van der Waals surface area contributed by atoms with Gasteiger partial charge in [0.05, 0.1) is 4.90 Å². The van der Waals surface area contributed by atoms with Crippen LogP contribution in [0.2, 0.25) is 0 Å². The lowest BCUT2D eigenvalue weighted by Crippen LogP contribution is -2.24. The minimum atomic E-state index is -3.64. The molecule has 1 N–H and O–H groups in total. The van der Waals surface area contributed by atoms with Gasteiger partial charge < -0.3 is 0 Å². The van der Waals surface area contributed by atoms with E-state index < -0.39 is 15.8 Å². The molecule has 0 fully saturated rings. The van der Waals surface area contributed by atoms with Crippen LogP contribution >= 0.6 is 15.9 Å². The van der Waals surface area contributed by atoms with E-state index in [9.17, 15) is 12.8 Å². The maximum atomic E-state index is 13.0. The van der Waals surface area contributed by atoms with Crippen molar-refractivity contribution in [2.45, 2.75) is 18.4 Å². The summed E-state index contributed by atoms with van der Waals surface area (Å²) in [6.45, 7) is 1.75. The lowest BCUT2D eigenvalue weighted by molar-refractivity contribution is 0.579. The second kappa shape index (κ2) is 6.03. The summed E-state index contributed by atoms with van der Waals surface area (Å²) in [5.41, 5.74) is 1.23. The summed E-state index contributed by atoms with van der Waals surface area (Å²) in [7, 11) is -3.64. The molecule has 0 saturated heterocycles. The monoisotopic (exact) mass is 357 g/mol. The maximum absolute atomic E-state index is 13.0. The van der Waals surface area contributed by atoms with Gasteiger partial charge in [-0.15, -0.1) is 0 Å². The Labute approximate surface area is 126 Å². The van der Waals surface area contributed by atoms with E-state index in [1.54, 1.807) is 6.92 Å². The van der Waals surface area contributed by atoms with Gasteiger partial charge in [0.15, 0.2) is 0 Å². The molecule has 0 spiro atoms. The predicted molar refractivity (Wildman–Crippen MR) is 79.3 cm³/mol. The van der Waals surface area contributed by atoms with Gasteiger partial charge in [-0.2, -0.15) is 0 Å². The van der Waals surface area contributed by atoms with Crippen molar-refractivity contribution >= 4 is 26.0 Å². The first-order valence-electron chi connectivity index (χ1n) is 5.89. The van der Waals surface area contributed by atoms with Gasteiger partial charge in [-0.25, -0.2) is 17.5 Å². The van der Waals surface area contributed by atoms with Crippen molar-refractivity contribution in [1.29, 1.82) is 0 Å². The summed E-state index contributed by atoms with van der Waals surface area (Å²) in [4.78, 5) is 0.0935. The van der Waals surface area contributed by atoms with E-state index in [2.05, 4.69) is 20.7 Å². The minimum Gasteiger partial charge on any atom is -0.207 e. The van der Waals surface area contributed by atoms with Crippen LogP contribution in [0.1, 0.15) is 11.1 Å². The molecule has 3 nitrogen and oxygen atoms in total. The Morgan fingerprint density at radius 3 is 2.40 bits per heavy atom. The molecule has 6 heteroatoms. The summed E-state index contributed by atoms with van der Waals surface area (Å²) in [6, 6.07) is 10.9. The lowest BCUT2D eigenvalue weighted by atomic mass is 10.2. The highest BCUT2D eigenvalue weighted by molar-refractivity contribution is 9.10. The fourth-order valence-corrected chi connectivity index (χ4v) is 3.28. The molecule has 0 atom stereocenters. The Morgan fingerprint density at radius 1 is 1.15 bits per heavy atom. The highest BCUT2D eigenvalue weighted by atomic mass is 79.9. The zero-order chi connectivity index (χ0) is 14.8. The molecule has 0 aliphatic carbocycles. The molecular weight excluding hydrogens is 345 g/mol. The number of nitrogens with one attached hydrogen (secondary N) is 1. The second-order valence-corrected chi connectivity index (χ2v) is 7.01. The molecule has 20 heavy (non-hydrogen) atoms. The van der Waals surface area contributed by atoms with Gasteiger partial charge in [0, 0.05) is 11.0 Å². The van der Waals surface area contributed by atoms with Crippen molar-refractivity contribution in [3.63, 3.8) is 0 Å². The minimum absolute atomic E-state index is 0.0935. The van der Waals surface area contributed by atoms with Crippen molar-refractivity contribution in [2.24, 2.45) is 0 Å². The van der Waals surface area contributed by atoms with Gasteiger partial charge in [-0.1, -0.05) is 28.1 Å². The van der Waals surface area contributed by atoms with Gasteiger partial charge in [0.2, 0.25) is 10.0 Å². The zero-order valence-electron chi connectivity index (χ0n) is 10.7. The molecular formula is C14H13BrFNO2S. The average Bonchev–Trinajstić information content (AvgIpc) is 2.37. The third kappa shape index (κ3) is 3.65. The molecule has 2 aromatic carbocycles. The van der Waals surface area contributed by atoms with E-state index in [0.29, 0.717) is 5.56 Å². The number of halogens is 2. The third-order valence-electron chi connectivity index (χ3n) is 2.81. The number of benzene rings is 2. The van der Waals surface area contributed by atoms with Crippen LogP contribution in [-0.2, 0) is 16.6 Å². The molecule has 0 aromatic heterocycles. The van der Waals surface area contributed by atoms with E-state index >= 15 is 0 Å². The highest BCUT2D eigenvalue weighted by Crippen LogP contribution is 2.17. The highest BCUT2D eigenvalue weighted by Gasteiger charge is 2.16. The second-order valence-electron chi connectivity index (χ2n) is 4.36. The van der Waals surface area contributed by atoms with Crippen LogP contribution < -0.4 is 4.72 Å². The summed E-state index contributed by atoms with van der Waals surface area (Å²) in [5.74, 6) is -0.450. The van der Waals surface area contributed by atoms with Crippen LogP contribution in [0.5, 0.6) is 0 Å². The first-order valence-corrected chi connectivity index (χ1v) is 8.16. The van der Waals surface area contributed by atoms with E-state index in [1.165, 1.54) is 12.1 Å². The quantitative estimate of drug-likeness (QED) is 0.911. The molecule has 2 aromatic rings. The van der Waals surface area contributed by atoms with E-state index in [-0.39, 0.29) is 11.4 Å². The van der Waals surface area contributed by atoms with Gasteiger partial charge in [0.1, 0.15) is 5.82 Å². The standard InChI is InChI=1S/C14H13BrFNO2S/c1-10-8-13(16)6-7-14(10)20(18,19)17-9-11-2-4-12(15)5-3-11/h2-8,17H,9H2,1H3. The molecule has 0 heterocycles. The third-order valence-corrected chi connectivity index (χ3v) is 4.90. The maximum Gasteiger partial charge on any atom is 0.241 e.